The Morgan fingerprint density at radius 3 is 1.76 bits per heavy atom. The van der Waals surface area contributed by atoms with Crippen LogP contribution in [0.4, 0.5) is 5.69 Å². The summed E-state index contributed by atoms with van der Waals surface area (Å²) in [5.41, 5.74) is 5.81. The molecule has 2 heterocycles. The van der Waals surface area contributed by atoms with Gasteiger partial charge < -0.3 is 25.3 Å². The van der Waals surface area contributed by atoms with Crippen LogP contribution in [0.2, 0.25) is 0 Å². The molecule has 2 N–H and O–H groups in total. The van der Waals surface area contributed by atoms with Gasteiger partial charge in [-0.05, 0) is 68.6 Å². The van der Waals surface area contributed by atoms with Gasteiger partial charge >= 0.3 is 0 Å². The summed E-state index contributed by atoms with van der Waals surface area (Å²) in [7, 11) is 4.50. The van der Waals surface area contributed by atoms with Crippen LogP contribution in [-0.2, 0) is 19.3 Å². The van der Waals surface area contributed by atoms with E-state index in [4.69, 9.17) is 0 Å². The lowest BCUT2D eigenvalue weighted by Crippen LogP contribution is -2.47. The van der Waals surface area contributed by atoms with Crippen molar-refractivity contribution in [2.45, 2.75) is 38.1 Å². The van der Waals surface area contributed by atoms with Gasteiger partial charge in [0.2, 0.25) is 0 Å². The highest BCUT2D eigenvalue weighted by molar-refractivity contribution is 5.48. The van der Waals surface area contributed by atoms with Gasteiger partial charge in [0.1, 0.15) is 0 Å². The zero-order valence-corrected chi connectivity index (χ0v) is 21.7. The molecule has 186 valence electrons. The van der Waals surface area contributed by atoms with E-state index in [0.717, 1.165) is 65.0 Å². The van der Waals surface area contributed by atoms with Crippen molar-refractivity contribution in [2.75, 3.05) is 77.9 Å². The van der Waals surface area contributed by atoms with Gasteiger partial charge in [0.15, 0.2) is 0 Å². The SMILES string of the molecule is CCC(Cc1ccc(CCN2CCNCC2)cc1)(Cc1ccc(N2CCNCC2)cc1)N(C)C. The van der Waals surface area contributed by atoms with Gasteiger partial charge in [-0.3, -0.25) is 0 Å². The Balaban J connectivity index is 1.38. The van der Waals surface area contributed by atoms with Gasteiger partial charge in [-0.2, -0.15) is 0 Å². The third kappa shape index (κ3) is 6.60. The average molecular weight is 464 g/mol. The molecule has 1 unspecified atom stereocenters. The molecule has 5 heteroatoms. The van der Waals surface area contributed by atoms with Crippen molar-refractivity contribution in [1.29, 1.82) is 0 Å². The van der Waals surface area contributed by atoms with Crippen LogP contribution in [0.3, 0.4) is 0 Å². The van der Waals surface area contributed by atoms with Crippen LogP contribution in [0.25, 0.3) is 0 Å². The summed E-state index contributed by atoms with van der Waals surface area (Å²) in [6.45, 7) is 12.5. The number of nitrogens with one attached hydrogen (secondary N) is 2. The van der Waals surface area contributed by atoms with Crippen LogP contribution in [0.15, 0.2) is 48.5 Å². The highest BCUT2D eigenvalue weighted by Crippen LogP contribution is 2.29. The van der Waals surface area contributed by atoms with E-state index in [-0.39, 0.29) is 5.54 Å². The van der Waals surface area contributed by atoms with Gasteiger partial charge in [0.05, 0.1) is 0 Å². The standard InChI is InChI=1S/C29H45N5/c1-4-29(32(2)3,24-27-9-11-28(12-10-27)34-21-16-31-17-22-34)23-26-7-5-25(6-8-26)13-18-33-19-14-30-15-20-33/h5-12,30-31H,4,13-24H2,1-3H3. The Labute approximate surface area is 207 Å². The molecule has 0 saturated carbocycles. The van der Waals surface area contributed by atoms with E-state index in [2.05, 4.69) is 94.9 Å². The van der Waals surface area contributed by atoms with E-state index >= 15 is 0 Å². The van der Waals surface area contributed by atoms with E-state index in [1.165, 1.54) is 42.0 Å². The Morgan fingerprint density at radius 2 is 1.24 bits per heavy atom. The Morgan fingerprint density at radius 1 is 0.735 bits per heavy atom. The predicted molar refractivity (Wildman–Crippen MR) is 145 cm³/mol. The van der Waals surface area contributed by atoms with Crippen LogP contribution in [0.1, 0.15) is 30.0 Å². The molecule has 5 nitrogen and oxygen atoms in total. The van der Waals surface area contributed by atoms with Gasteiger partial charge in [0.25, 0.3) is 0 Å². The van der Waals surface area contributed by atoms with E-state index in [9.17, 15) is 0 Å². The second-order valence-electron chi connectivity index (χ2n) is 10.4. The van der Waals surface area contributed by atoms with Crippen molar-refractivity contribution in [3.8, 4) is 0 Å². The summed E-state index contributed by atoms with van der Waals surface area (Å²) < 4.78 is 0. The summed E-state index contributed by atoms with van der Waals surface area (Å²) in [6.07, 6.45) is 4.42. The number of benzene rings is 2. The maximum atomic E-state index is 3.44. The Kier molecular flexibility index (Phi) is 9.01. The van der Waals surface area contributed by atoms with Gasteiger partial charge in [-0.25, -0.2) is 0 Å². The second-order valence-corrected chi connectivity index (χ2v) is 10.4. The molecule has 0 amide bonds. The second kappa shape index (κ2) is 12.2. The summed E-state index contributed by atoms with van der Waals surface area (Å²) in [4.78, 5) is 7.52. The first-order chi connectivity index (χ1) is 16.6. The van der Waals surface area contributed by atoms with Crippen molar-refractivity contribution in [3.05, 3.63) is 65.2 Å². The number of hydrogen-bond acceptors (Lipinski definition) is 5. The monoisotopic (exact) mass is 463 g/mol. The molecular formula is C29H45N5. The van der Waals surface area contributed by atoms with E-state index in [1.807, 2.05) is 0 Å². The molecule has 0 aromatic heterocycles. The fourth-order valence-electron chi connectivity index (χ4n) is 5.50. The predicted octanol–water partition coefficient (Wildman–Crippen LogP) is 3.04. The maximum Gasteiger partial charge on any atom is 0.0367 e. The van der Waals surface area contributed by atoms with Gasteiger partial charge in [-0.15, -0.1) is 0 Å². The molecule has 2 saturated heterocycles. The van der Waals surface area contributed by atoms with Crippen molar-refractivity contribution in [1.82, 2.24) is 20.4 Å². The normalized spacial score (nSPS) is 19.4. The third-order valence-electron chi connectivity index (χ3n) is 8.04. The van der Waals surface area contributed by atoms with Crippen LogP contribution in [0.5, 0.6) is 0 Å². The molecule has 34 heavy (non-hydrogen) atoms. The number of nitrogens with zero attached hydrogens (tertiary/aromatic N) is 3. The number of hydrogen-bond donors (Lipinski definition) is 2. The smallest absolute Gasteiger partial charge is 0.0367 e. The highest BCUT2D eigenvalue weighted by Gasteiger charge is 2.31. The first kappa shape index (κ1) is 25.2. The first-order valence-corrected chi connectivity index (χ1v) is 13.3. The molecule has 0 aliphatic carbocycles. The Hall–Kier alpha value is -1.92. The van der Waals surface area contributed by atoms with E-state index < -0.39 is 0 Å². The summed E-state index contributed by atoms with van der Waals surface area (Å²) in [6, 6.07) is 18.8. The molecule has 2 aliphatic heterocycles. The van der Waals surface area contributed by atoms with Crippen molar-refractivity contribution in [2.24, 2.45) is 0 Å². The summed E-state index contributed by atoms with van der Waals surface area (Å²) >= 11 is 0. The molecule has 1 atom stereocenters. The van der Waals surface area contributed by atoms with E-state index in [0.29, 0.717) is 0 Å². The lowest BCUT2D eigenvalue weighted by atomic mass is 9.81. The Bertz CT molecular complexity index is 851. The fraction of sp³-hybridized carbons (Fsp3) is 0.586. The molecule has 0 radical (unpaired) electrons. The molecule has 2 aromatic rings. The van der Waals surface area contributed by atoms with Crippen molar-refractivity contribution >= 4 is 5.69 Å². The fourth-order valence-corrected chi connectivity index (χ4v) is 5.50. The third-order valence-corrected chi connectivity index (χ3v) is 8.04. The summed E-state index contributed by atoms with van der Waals surface area (Å²) in [5.74, 6) is 0. The molecule has 2 aromatic carbocycles. The number of likely N-dealkylation sites (N-methyl/N-ethyl adjacent to an activating group) is 1. The van der Waals surface area contributed by atoms with Crippen LogP contribution >= 0.6 is 0 Å². The molecule has 0 bridgehead atoms. The molecular weight excluding hydrogens is 418 g/mol. The van der Waals surface area contributed by atoms with Crippen LogP contribution < -0.4 is 15.5 Å². The minimum absolute atomic E-state index is 0.124. The molecule has 2 fully saturated rings. The van der Waals surface area contributed by atoms with E-state index in [1.54, 1.807) is 0 Å². The lowest BCUT2D eigenvalue weighted by Gasteiger charge is -2.40. The highest BCUT2D eigenvalue weighted by atomic mass is 15.2. The maximum absolute atomic E-state index is 3.44. The van der Waals surface area contributed by atoms with Gasteiger partial charge in [0, 0.05) is 70.1 Å². The van der Waals surface area contributed by atoms with Crippen LogP contribution in [-0.4, -0.2) is 88.3 Å². The topological polar surface area (TPSA) is 33.8 Å². The number of anilines is 1. The zero-order valence-electron chi connectivity index (χ0n) is 21.7. The van der Waals surface area contributed by atoms with Crippen LogP contribution in [0, 0.1) is 0 Å². The number of piperazine rings is 2. The average Bonchev–Trinajstić information content (AvgIpc) is 2.89. The number of rotatable bonds is 10. The molecule has 0 spiro atoms. The lowest BCUT2D eigenvalue weighted by molar-refractivity contribution is 0.143. The van der Waals surface area contributed by atoms with Gasteiger partial charge in [-0.1, -0.05) is 43.3 Å². The van der Waals surface area contributed by atoms with Crippen molar-refractivity contribution < 1.29 is 0 Å². The largest absolute Gasteiger partial charge is 0.369 e. The minimum Gasteiger partial charge on any atom is -0.369 e. The molecule has 4 rings (SSSR count). The molecule has 2 aliphatic rings. The minimum atomic E-state index is 0.124. The zero-order chi connectivity index (χ0) is 23.8. The summed E-state index contributed by atoms with van der Waals surface area (Å²) in [5, 5.41) is 6.89. The first-order valence-electron chi connectivity index (χ1n) is 13.3. The quantitative estimate of drug-likeness (QED) is 0.566. The van der Waals surface area contributed by atoms with Crippen molar-refractivity contribution in [3.63, 3.8) is 0 Å².